The number of piperidine rings is 1. The molecule has 1 fully saturated rings. The average Bonchev–Trinajstić information content (AvgIpc) is 3.15. The van der Waals surface area contributed by atoms with Gasteiger partial charge in [-0.3, -0.25) is 9.89 Å². The highest BCUT2D eigenvalue weighted by Gasteiger charge is 2.26. The van der Waals surface area contributed by atoms with Crippen LogP contribution in [-0.2, 0) is 19.6 Å². The van der Waals surface area contributed by atoms with E-state index in [-0.39, 0.29) is 0 Å². The van der Waals surface area contributed by atoms with Gasteiger partial charge in [0.15, 0.2) is 11.8 Å². The summed E-state index contributed by atoms with van der Waals surface area (Å²) >= 11 is 0. The first-order valence-corrected chi connectivity index (χ1v) is 9.81. The van der Waals surface area contributed by atoms with Crippen LogP contribution in [0, 0.1) is 0 Å². The van der Waals surface area contributed by atoms with Gasteiger partial charge in [-0.15, -0.1) is 10.2 Å². The highest BCUT2D eigenvalue weighted by molar-refractivity contribution is 5.79. The topological polar surface area (TPSA) is 70.4 Å². The van der Waals surface area contributed by atoms with Crippen LogP contribution in [0.5, 0.6) is 0 Å². The Morgan fingerprint density at radius 3 is 2.81 bits per heavy atom. The molecule has 2 N–H and O–H groups in total. The summed E-state index contributed by atoms with van der Waals surface area (Å²) in [6, 6.07) is 11.7. The summed E-state index contributed by atoms with van der Waals surface area (Å²) in [5.41, 5.74) is 1.38. The lowest BCUT2D eigenvalue weighted by atomic mass is 9.97. The minimum Gasteiger partial charge on any atom is -0.354 e. The predicted octanol–water partition coefficient (Wildman–Crippen LogP) is 2.02. The van der Waals surface area contributed by atoms with E-state index < -0.39 is 0 Å². The molecule has 1 saturated heterocycles. The largest absolute Gasteiger partial charge is 0.354 e. The summed E-state index contributed by atoms with van der Waals surface area (Å²) in [6.45, 7) is 8.01. The van der Waals surface area contributed by atoms with E-state index in [0.717, 1.165) is 44.3 Å². The summed E-state index contributed by atoms with van der Waals surface area (Å²) in [7, 11) is 1.81. The molecule has 0 spiro atoms. The molecule has 2 unspecified atom stereocenters. The Labute approximate surface area is 161 Å². The number of likely N-dealkylation sites (tertiary alicyclic amines) is 1. The Kier molecular flexibility index (Phi) is 6.81. The number of rotatable bonds is 6. The Morgan fingerprint density at radius 1 is 1.30 bits per heavy atom. The van der Waals surface area contributed by atoms with E-state index in [0.29, 0.717) is 18.6 Å². The third-order valence-electron chi connectivity index (χ3n) is 5.26. The molecule has 1 aliphatic rings. The average molecular weight is 370 g/mol. The van der Waals surface area contributed by atoms with Crippen LogP contribution in [0.2, 0.25) is 0 Å². The lowest BCUT2D eigenvalue weighted by Gasteiger charge is -2.38. The van der Waals surface area contributed by atoms with E-state index in [1.54, 1.807) is 6.33 Å². The molecule has 0 amide bonds. The number of hydrogen-bond acceptors (Lipinski definition) is 4. The van der Waals surface area contributed by atoms with Gasteiger partial charge in [0.25, 0.3) is 0 Å². The van der Waals surface area contributed by atoms with Gasteiger partial charge in [0, 0.05) is 38.8 Å². The Bertz CT molecular complexity index is 725. The SMILES string of the molecule is CCn1cnnc1CNC(=NC)NC1CCN(Cc2ccccc2)C(C)C1. The minimum absolute atomic E-state index is 0.433. The number of hydrogen-bond donors (Lipinski definition) is 2. The first-order chi connectivity index (χ1) is 13.2. The van der Waals surface area contributed by atoms with Crippen LogP contribution in [-0.4, -0.2) is 51.3 Å². The van der Waals surface area contributed by atoms with Crippen LogP contribution >= 0.6 is 0 Å². The Morgan fingerprint density at radius 2 is 2.11 bits per heavy atom. The molecule has 2 atom stereocenters. The second-order valence-electron chi connectivity index (χ2n) is 7.13. The minimum atomic E-state index is 0.433. The molecule has 1 aliphatic heterocycles. The molecule has 0 bridgehead atoms. The monoisotopic (exact) mass is 369 g/mol. The van der Waals surface area contributed by atoms with Gasteiger partial charge in [-0.25, -0.2) is 0 Å². The van der Waals surface area contributed by atoms with E-state index in [2.05, 4.69) is 74.9 Å². The molecule has 7 heteroatoms. The summed E-state index contributed by atoms with van der Waals surface area (Å²) < 4.78 is 2.03. The van der Waals surface area contributed by atoms with Crippen LogP contribution in [0.4, 0.5) is 0 Å². The van der Waals surface area contributed by atoms with Crippen molar-refractivity contribution < 1.29 is 0 Å². The summed E-state index contributed by atoms with van der Waals surface area (Å²) in [5, 5.41) is 15.1. The molecule has 0 radical (unpaired) electrons. The van der Waals surface area contributed by atoms with E-state index in [1.165, 1.54) is 5.56 Å². The van der Waals surface area contributed by atoms with Gasteiger partial charge in [0.05, 0.1) is 6.54 Å². The van der Waals surface area contributed by atoms with Crippen molar-refractivity contribution in [3.8, 4) is 0 Å². The van der Waals surface area contributed by atoms with Crippen LogP contribution in [0.15, 0.2) is 41.7 Å². The van der Waals surface area contributed by atoms with Crippen molar-refractivity contribution in [1.82, 2.24) is 30.3 Å². The second kappa shape index (κ2) is 9.50. The molecule has 0 saturated carbocycles. The molecule has 3 rings (SSSR count). The fraction of sp³-hybridized carbons (Fsp3) is 0.550. The highest BCUT2D eigenvalue weighted by Crippen LogP contribution is 2.19. The number of aromatic nitrogens is 3. The standard InChI is InChI=1S/C20H31N7/c1-4-26-15-23-25-19(26)13-22-20(21-3)24-18-10-11-27(16(2)12-18)14-17-8-6-5-7-9-17/h5-9,15-16,18H,4,10-14H2,1-3H3,(H2,21,22,24). The third-order valence-corrected chi connectivity index (χ3v) is 5.26. The van der Waals surface area contributed by atoms with Crippen molar-refractivity contribution in [3.05, 3.63) is 48.0 Å². The third kappa shape index (κ3) is 5.29. The molecule has 1 aromatic carbocycles. The van der Waals surface area contributed by atoms with Crippen molar-refractivity contribution in [2.45, 2.75) is 58.4 Å². The molecule has 2 aromatic rings. The quantitative estimate of drug-likeness (QED) is 0.602. The maximum Gasteiger partial charge on any atom is 0.191 e. The van der Waals surface area contributed by atoms with Crippen molar-refractivity contribution in [2.75, 3.05) is 13.6 Å². The number of guanidine groups is 1. The molecule has 27 heavy (non-hydrogen) atoms. The second-order valence-corrected chi connectivity index (χ2v) is 7.13. The van der Waals surface area contributed by atoms with Crippen LogP contribution in [0.1, 0.15) is 38.1 Å². The van der Waals surface area contributed by atoms with Gasteiger partial charge < -0.3 is 15.2 Å². The van der Waals surface area contributed by atoms with Gasteiger partial charge in [-0.2, -0.15) is 0 Å². The summed E-state index contributed by atoms with van der Waals surface area (Å²) in [4.78, 5) is 6.94. The van der Waals surface area contributed by atoms with Crippen LogP contribution < -0.4 is 10.6 Å². The van der Waals surface area contributed by atoms with Gasteiger partial charge >= 0.3 is 0 Å². The summed E-state index contributed by atoms with van der Waals surface area (Å²) in [5.74, 6) is 1.75. The number of aliphatic imine (C=N–C) groups is 1. The van der Waals surface area contributed by atoms with Gasteiger partial charge in [-0.1, -0.05) is 30.3 Å². The molecular weight excluding hydrogens is 338 g/mol. The zero-order chi connectivity index (χ0) is 19.1. The van der Waals surface area contributed by atoms with Gasteiger partial charge in [-0.05, 0) is 32.3 Å². The van der Waals surface area contributed by atoms with E-state index >= 15 is 0 Å². The molecule has 0 aliphatic carbocycles. The van der Waals surface area contributed by atoms with Crippen molar-refractivity contribution >= 4 is 5.96 Å². The Hall–Kier alpha value is -2.41. The fourth-order valence-electron chi connectivity index (χ4n) is 3.64. The van der Waals surface area contributed by atoms with E-state index in [9.17, 15) is 0 Å². The maximum absolute atomic E-state index is 4.37. The molecule has 2 heterocycles. The maximum atomic E-state index is 4.37. The first kappa shape index (κ1) is 19.4. The number of nitrogens with zero attached hydrogens (tertiary/aromatic N) is 5. The highest BCUT2D eigenvalue weighted by atomic mass is 15.3. The number of benzene rings is 1. The van der Waals surface area contributed by atoms with Crippen molar-refractivity contribution in [1.29, 1.82) is 0 Å². The predicted molar refractivity (Wildman–Crippen MR) is 108 cm³/mol. The fourth-order valence-corrected chi connectivity index (χ4v) is 3.64. The van der Waals surface area contributed by atoms with Crippen LogP contribution in [0.3, 0.4) is 0 Å². The Balaban J connectivity index is 1.48. The summed E-state index contributed by atoms with van der Waals surface area (Å²) in [6.07, 6.45) is 3.99. The molecular formula is C20H31N7. The lowest BCUT2D eigenvalue weighted by Crippen LogP contribution is -2.51. The van der Waals surface area contributed by atoms with Crippen molar-refractivity contribution in [3.63, 3.8) is 0 Å². The van der Waals surface area contributed by atoms with Crippen LogP contribution in [0.25, 0.3) is 0 Å². The van der Waals surface area contributed by atoms with E-state index in [1.807, 2.05) is 11.6 Å². The molecule has 146 valence electrons. The first-order valence-electron chi connectivity index (χ1n) is 9.81. The normalized spacial score (nSPS) is 21.2. The number of nitrogens with one attached hydrogen (secondary N) is 2. The van der Waals surface area contributed by atoms with Gasteiger partial charge in [0.1, 0.15) is 6.33 Å². The van der Waals surface area contributed by atoms with E-state index in [4.69, 9.17) is 0 Å². The number of aryl methyl sites for hydroxylation is 1. The lowest BCUT2D eigenvalue weighted by molar-refractivity contribution is 0.134. The molecule has 7 nitrogen and oxygen atoms in total. The zero-order valence-corrected chi connectivity index (χ0v) is 16.6. The van der Waals surface area contributed by atoms with Gasteiger partial charge in [0.2, 0.25) is 0 Å². The molecule has 1 aromatic heterocycles. The zero-order valence-electron chi connectivity index (χ0n) is 16.6. The van der Waals surface area contributed by atoms with Crippen molar-refractivity contribution in [2.24, 2.45) is 4.99 Å². The smallest absolute Gasteiger partial charge is 0.191 e.